The highest BCUT2D eigenvalue weighted by Gasteiger charge is 2.23. The van der Waals surface area contributed by atoms with Gasteiger partial charge in [0.25, 0.3) is 44.5 Å². The van der Waals surface area contributed by atoms with Crippen LogP contribution in [0.5, 0.6) is 11.5 Å². The summed E-state index contributed by atoms with van der Waals surface area (Å²) in [6.07, 6.45) is 27.0. The average Bonchev–Trinajstić information content (AvgIpc) is 3.76. The summed E-state index contributed by atoms with van der Waals surface area (Å²) in [5.74, 6) is 0.702. The third-order valence-electron chi connectivity index (χ3n) is 16.2. The molecule has 0 fully saturated rings. The van der Waals surface area contributed by atoms with E-state index in [9.17, 15) is 38.4 Å². The van der Waals surface area contributed by atoms with E-state index in [0.717, 1.165) is 67.9 Å². The van der Waals surface area contributed by atoms with Crippen molar-refractivity contribution in [2.24, 2.45) is 0 Å². The molecule has 0 aliphatic rings. The van der Waals surface area contributed by atoms with Crippen LogP contribution in [0.1, 0.15) is 153 Å². The molecule has 0 aliphatic heterocycles. The molecular formula is C68H70N4O9. The summed E-state index contributed by atoms with van der Waals surface area (Å²) >= 11 is 0. The van der Waals surface area contributed by atoms with E-state index in [4.69, 9.17) is 4.74 Å². The first kappa shape index (κ1) is 56.0. The van der Waals surface area contributed by atoms with Crippen molar-refractivity contribution in [1.82, 2.24) is 18.3 Å². The highest BCUT2D eigenvalue weighted by atomic mass is 16.5. The van der Waals surface area contributed by atoms with Crippen LogP contribution in [0.3, 0.4) is 0 Å². The zero-order valence-electron chi connectivity index (χ0n) is 46.6. The summed E-state index contributed by atoms with van der Waals surface area (Å²) in [4.78, 5) is 110. The largest absolute Gasteiger partial charge is 0.457 e. The maximum atomic E-state index is 13.8. The second-order valence-electron chi connectivity index (χ2n) is 22.0. The number of fused-ring (bicyclic) bond motifs is 4. The molecule has 4 heterocycles. The molecule has 6 aromatic carbocycles. The minimum absolute atomic E-state index is 0.0238. The third kappa shape index (κ3) is 11.8. The number of hydrogen-bond acceptors (Lipinski definition) is 9. The molecule has 0 saturated heterocycles. The Morgan fingerprint density at radius 2 is 0.457 bits per heavy atom. The second kappa shape index (κ2) is 25.4. The summed E-state index contributed by atoms with van der Waals surface area (Å²) < 4.78 is 10.2. The molecule has 0 bridgehead atoms. The first-order valence-corrected chi connectivity index (χ1v) is 29.4. The molecule has 0 spiro atoms. The van der Waals surface area contributed by atoms with Crippen molar-refractivity contribution in [1.29, 1.82) is 0 Å². The summed E-state index contributed by atoms with van der Waals surface area (Å²) in [6.45, 7) is 4.47. The maximum absolute atomic E-state index is 13.8. The van der Waals surface area contributed by atoms with E-state index >= 15 is 0 Å². The Bertz CT molecular complexity index is 3840. The maximum Gasteiger partial charge on any atom is 0.266 e. The predicted molar refractivity (Wildman–Crippen MR) is 326 cm³/mol. The Labute approximate surface area is 468 Å². The number of ether oxygens (including phenoxy) is 1. The zero-order chi connectivity index (χ0) is 56.6. The molecule has 0 amide bonds. The fourth-order valence-corrected chi connectivity index (χ4v) is 11.6. The van der Waals surface area contributed by atoms with Crippen molar-refractivity contribution in [3.63, 3.8) is 0 Å². The first-order chi connectivity index (χ1) is 39.5. The van der Waals surface area contributed by atoms with Gasteiger partial charge in [0.2, 0.25) is 0 Å². The van der Waals surface area contributed by atoms with Crippen LogP contribution in [0.15, 0.2) is 160 Å². The number of aryl methyl sites for hydroxylation is 2. The molecule has 416 valence electrons. The third-order valence-corrected chi connectivity index (χ3v) is 16.2. The van der Waals surface area contributed by atoms with Gasteiger partial charge >= 0.3 is 0 Å². The van der Waals surface area contributed by atoms with Gasteiger partial charge in [0.05, 0.1) is 65.8 Å². The number of benzene rings is 6. The summed E-state index contributed by atoms with van der Waals surface area (Å²) in [7, 11) is 0. The van der Waals surface area contributed by atoms with E-state index in [1.807, 2.05) is 24.3 Å². The Kier molecular flexibility index (Phi) is 17.6. The number of nitrogens with zero attached hydrogens (tertiary/aromatic N) is 4. The highest BCUT2D eigenvalue weighted by molar-refractivity contribution is 5.99. The molecule has 4 aromatic heterocycles. The quantitative estimate of drug-likeness (QED) is 0.0434. The fourth-order valence-electron chi connectivity index (χ4n) is 11.6. The van der Waals surface area contributed by atoms with Gasteiger partial charge in [0.15, 0.2) is 0 Å². The SMILES string of the molecule is CCCCCCCCCCCCc1ccc(-n2c(=O)c3cc4c(=O)n(-c5ccc(Oc6ccc(-n7c(=O)c8cc9c(=O)n(-c%10ccc(CCCCCCCCCCCC)cc%10)c(=O)c9cc8c7=O)cc6)cc5)c(=O)c4cc3c2=O)cc1. The number of aromatic nitrogens is 4. The van der Waals surface area contributed by atoms with E-state index in [2.05, 4.69) is 13.8 Å². The van der Waals surface area contributed by atoms with Gasteiger partial charge in [0.1, 0.15) is 11.5 Å². The van der Waals surface area contributed by atoms with Gasteiger partial charge < -0.3 is 4.74 Å². The Balaban J connectivity index is 0.776. The van der Waals surface area contributed by atoms with Gasteiger partial charge in [-0.15, -0.1) is 0 Å². The highest BCUT2D eigenvalue weighted by Crippen LogP contribution is 2.26. The number of hydrogen-bond donors (Lipinski definition) is 0. The van der Waals surface area contributed by atoms with Crippen LogP contribution in [-0.4, -0.2) is 18.3 Å². The van der Waals surface area contributed by atoms with E-state index < -0.39 is 44.5 Å². The summed E-state index contributed by atoms with van der Waals surface area (Å²) in [5, 5.41) is 0.329. The predicted octanol–water partition coefficient (Wildman–Crippen LogP) is 12.8. The lowest BCUT2D eigenvalue weighted by Gasteiger charge is -2.08. The van der Waals surface area contributed by atoms with E-state index in [1.54, 1.807) is 48.5 Å². The van der Waals surface area contributed by atoms with Crippen molar-refractivity contribution >= 4 is 43.1 Å². The van der Waals surface area contributed by atoms with Gasteiger partial charge in [-0.1, -0.05) is 154 Å². The zero-order valence-corrected chi connectivity index (χ0v) is 46.6. The number of unbranched alkanes of at least 4 members (excludes halogenated alkanes) is 18. The van der Waals surface area contributed by atoms with Crippen LogP contribution in [0.25, 0.3) is 65.8 Å². The van der Waals surface area contributed by atoms with Gasteiger partial charge in [-0.3, -0.25) is 38.4 Å². The molecule has 10 aromatic rings. The standard InChI is InChI=1S/C68H70N4O9/c1-3-5-7-9-11-13-15-17-19-21-23-45-25-29-47(30-26-45)69-61(73)53-41-57-58(42-54(53)62(69)74)66(78)71(65(57)77)49-33-37-51(38-34-49)81-52-39-35-50(36-40-52)72-67(79)59-43-55-56(44-60(59)68(72)80)64(76)70(63(55)75)48-31-27-46(28-32-48)24-22-20-18-16-14-12-10-8-6-4-2/h25-44H,3-24H2,1-2H3. The van der Waals surface area contributed by atoms with Crippen LogP contribution in [-0.2, 0) is 12.8 Å². The van der Waals surface area contributed by atoms with Crippen LogP contribution in [0.4, 0.5) is 0 Å². The molecule has 13 heteroatoms. The van der Waals surface area contributed by atoms with Crippen LogP contribution >= 0.6 is 0 Å². The monoisotopic (exact) mass is 1090 g/mol. The van der Waals surface area contributed by atoms with Crippen molar-refractivity contribution in [2.45, 2.75) is 155 Å². The lowest BCUT2D eigenvalue weighted by molar-refractivity contribution is 0.482. The van der Waals surface area contributed by atoms with Gasteiger partial charge in [-0.2, -0.15) is 0 Å². The summed E-state index contributed by atoms with van der Waals surface area (Å²) in [5.41, 5.74) is -1.18. The lowest BCUT2D eigenvalue weighted by Crippen LogP contribution is -2.24. The fraction of sp³-hybridized carbons (Fsp3) is 0.353. The second-order valence-corrected chi connectivity index (χ2v) is 22.0. The molecule has 0 N–H and O–H groups in total. The average molecular weight is 1090 g/mol. The van der Waals surface area contributed by atoms with Crippen molar-refractivity contribution in [3.8, 4) is 34.2 Å². The molecule has 0 radical (unpaired) electrons. The van der Waals surface area contributed by atoms with E-state index in [-0.39, 0.29) is 54.5 Å². The first-order valence-electron chi connectivity index (χ1n) is 29.4. The normalized spacial score (nSPS) is 11.8. The van der Waals surface area contributed by atoms with Crippen LogP contribution < -0.4 is 49.2 Å². The molecule has 13 nitrogen and oxygen atoms in total. The topological polar surface area (TPSA) is 166 Å². The van der Waals surface area contributed by atoms with Crippen molar-refractivity contribution in [2.75, 3.05) is 0 Å². The van der Waals surface area contributed by atoms with E-state index in [0.29, 0.717) is 22.9 Å². The van der Waals surface area contributed by atoms with Crippen molar-refractivity contribution < 1.29 is 4.74 Å². The molecule has 0 unspecified atom stereocenters. The molecule has 81 heavy (non-hydrogen) atoms. The Morgan fingerprint density at radius 3 is 0.679 bits per heavy atom. The minimum Gasteiger partial charge on any atom is -0.457 e. The van der Waals surface area contributed by atoms with Gasteiger partial charge in [0, 0.05) is 0 Å². The van der Waals surface area contributed by atoms with Gasteiger partial charge in [-0.25, -0.2) is 18.3 Å². The molecular weight excluding hydrogens is 1020 g/mol. The minimum atomic E-state index is -0.634. The van der Waals surface area contributed by atoms with Crippen LogP contribution in [0.2, 0.25) is 0 Å². The van der Waals surface area contributed by atoms with E-state index in [1.165, 1.54) is 151 Å². The Morgan fingerprint density at radius 1 is 0.259 bits per heavy atom. The Hall–Kier alpha value is -8.32. The van der Waals surface area contributed by atoms with Crippen LogP contribution in [0, 0.1) is 0 Å². The van der Waals surface area contributed by atoms with Crippen molar-refractivity contribution in [3.05, 3.63) is 215 Å². The molecule has 0 atom stereocenters. The molecule has 0 aliphatic carbocycles. The molecule has 0 saturated carbocycles. The molecule has 10 rings (SSSR count). The van der Waals surface area contributed by atoms with Gasteiger partial charge in [-0.05, 0) is 134 Å². The smallest absolute Gasteiger partial charge is 0.266 e. The summed E-state index contributed by atoms with van der Waals surface area (Å²) in [6, 6.07) is 32.7. The lowest BCUT2D eigenvalue weighted by atomic mass is 10.0. The number of rotatable bonds is 28.